The van der Waals surface area contributed by atoms with Crippen LogP contribution in [0.3, 0.4) is 0 Å². The molecular weight excluding hydrogens is 339 g/mol. The molecular formula is C9H9ClF3N3O2S2. The van der Waals surface area contributed by atoms with Crippen LogP contribution in [0.2, 0.25) is 5.15 Å². The number of imidazole rings is 1. The summed E-state index contributed by atoms with van der Waals surface area (Å²) in [6, 6.07) is 0. The first-order valence-corrected chi connectivity index (χ1v) is 8.12. The standard InChI is InChI=1S/C9H9ClF3N3O2S2/c10-6-7(16-4-5-19-8(16)15-6)20(17,18)14-3-1-2-9(11,12)13/h4-5,14H,1-3H2. The first-order valence-electron chi connectivity index (χ1n) is 5.38. The molecule has 0 aliphatic carbocycles. The number of sulfonamides is 1. The third-order valence-electron chi connectivity index (χ3n) is 2.36. The molecule has 11 heteroatoms. The maximum Gasteiger partial charge on any atom is 0.389 e. The van der Waals surface area contributed by atoms with Crippen LogP contribution >= 0.6 is 22.9 Å². The molecule has 112 valence electrons. The third-order valence-corrected chi connectivity index (χ3v) is 4.98. The summed E-state index contributed by atoms with van der Waals surface area (Å²) in [4.78, 5) is 4.25. The molecule has 0 radical (unpaired) electrons. The fourth-order valence-corrected chi connectivity index (χ4v) is 4.06. The Kier molecular flexibility index (Phi) is 4.28. The van der Waals surface area contributed by atoms with Crippen molar-refractivity contribution >= 4 is 37.9 Å². The number of aromatic nitrogens is 2. The number of alkyl halides is 3. The van der Waals surface area contributed by atoms with Crippen LogP contribution in [0.1, 0.15) is 12.8 Å². The van der Waals surface area contributed by atoms with E-state index in [-0.39, 0.29) is 23.1 Å². The van der Waals surface area contributed by atoms with Crippen molar-refractivity contribution in [3.63, 3.8) is 0 Å². The van der Waals surface area contributed by atoms with Crippen LogP contribution < -0.4 is 4.72 Å². The molecule has 0 bridgehead atoms. The summed E-state index contributed by atoms with van der Waals surface area (Å²) in [5, 5.41) is 1.16. The Bertz CT molecular complexity index is 708. The van der Waals surface area contributed by atoms with E-state index in [0.29, 0.717) is 4.96 Å². The first-order chi connectivity index (χ1) is 9.21. The van der Waals surface area contributed by atoms with Gasteiger partial charge in [-0.3, -0.25) is 4.40 Å². The SMILES string of the molecule is O=S(=O)(NCCCC(F)(F)F)c1c(Cl)nc2sccn12. The summed E-state index contributed by atoms with van der Waals surface area (Å²) in [5.74, 6) is 0. The Labute approximate surface area is 121 Å². The zero-order valence-electron chi connectivity index (χ0n) is 9.82. The van der Waals surface area contributed by atoms with E-state index in [1.807, 2.05) is 0 Å². The number of rotatable bonds is 5. The highest BCUT2D eigenvalue weighted by atomic mass is 35.5. The lowest BCUT2D eigenvalue weighted by Gasteiger charge is -2.08. The van der Waals surface area contributed by atoms with Crippen molar-refractivity contribution in [3.8, 4) is 0 Å². The second kappa shape index (κ2) is 5.51. The number of hydrogen-bond acceptors (Lipinski definition) is 4. The van der Waals surface area contributed by atoms with Gasteiger partial charge >= 0.3 is 6.18 Å². The number of nitrogens with zero attached hydrogens (tertiary/aromatic N) is 2. The van der Waals surface area contributed by atoms with Crippen LogP contribution in [0.25, 0.3) is 4.96 Å². The lowest BCUT2D eigenvalue weighted by molar-refractivity contribution is -0.135. The molecule has 2 heterocycles. The lowest BCUT2D eigenvalue weighted by atomic mass is 10.3. The fraction of sp³-hybridized carbons (Fsp3) is 0.444. The minimum Gasteiger partial charge on any atom is -0.279 e. The summed E-state index contributed by atoms with van der Waals surface area (Å²) in [5.41, 5.74) is 0. The van der Waals surface area contributed by atoms with Crippen LogP contribution in [0.5, 0.6) is 0 Å². The van der Waals surface area contributed by atoms with Gasteiger partial charge < -0.3 is 0 Å². The number of nitrogens with one attached hydrogen (secondary N) is 1. The molecule has 0 aromatic carbocycles. The van der Waals surface area contributed by atoms with E-state index in [1.54, 1.807) is 5.38 Å². The first kappa shape index (κ1) is 15.5. The molecule has 0 saturated carbocycles. The van der Waals surface area contributed by atoms with E-state index in [0.717, 1.165) is 0 Å². The monoisotopic (exact) mass is 347 g/mol. The van der Waals surface area contributed by atoms with Crippen molar-refractivity contribution in [3.05, 3.63) is 16.7 Å². The van der Waals surface area contributed by atoms with Crippen molar-refractivity contribution in [1.82, 2.24) is 14.1 Å². The molecule has 2 rings (SSSR count). The van der Waals surface area contributed by atoms with Crippen LogP contribution in [0.4, 0.5) is 13.2 Å². The highest BCUT2D eigenvalue weighted by molar-refractivity contribution is 7.89. The molecule has 1 N–H and O–H groups in total. The van der Waals surface area contributed by atoms with E-state index in [9.17, 15) is 21.6 Å². The highest BCUT2D eigenvalue weighted by Crippen LogP contribution is 2.25. The van der Waals surface area contributed by atoms with Crippen molar-refractivity contribution in [2.24, 2.45) is 0 Å². The molecule has 5 nitrogen and oxygen atoms in total. The molecule has 2 aromatic heterocycles. The van der Waals surface area contributed by atoms with Crippen LogP contribution in [-0.2, 0) is 10.0 Å². The van der Waals surface area contributed by atoms with Gasteiger partial charge in [-0.2, -0.15) is 13.2 Å². The molecule has 0 fully saturated rings. The van der Waals surface area contributed by atoms with Crippen molar-refractivity contribution in [2.75, 3.05) is 6.54 Å². The van der Waals surface area contributed by atoms with Gasteiger partial charge in [0.25, 0.3) is 10.0 Å². The largest absolute Gasteiger partial charge is 0.389 e. The Hall–Kier alpha value is -0.840. The van der Waals surface area contributed by atoms with Crippen molar-refractivity contribution in [2.45, 2.75) is 24.0 Å². The zero-order chi connectivity index (χ0) is 15.0. The summed E-state index contributed by atoms with van der Waals surface area (Å²) >= 11 is 6.95. The van der Waals surface area contributed by atoms with E-state index >= 15 is 0 Å². The summed E-state index contributed by atoms with van der Waals surface area (Å²) < 4.78 is 63.3. The molecule has 2 aromatic rings. The molecule has 20 heavy (non-hydrogen) atoms. The van der Waals surface area contributed by atoms with Gasteiger partial charge in [-0.05, 0) is 6.42 Å². The van der Waals surface area contributed by atoms with Gasteiger partial charge in [-0.1, -0.05) is 11.6 Å². The van der Waals surface area contributed by atoms with E-state index in [2.05, 4.69) is 9.71 Å². The van der Waals surface area contributed by atoms with Gasteiger partial charge in [0.05, 0.1) is 0 Å². The van der Waals surface area contributed by atoms with Crippen molar-refractivity contribution in [1.29, 1.82) is 0 Å². The maximum atomic E-state index is 12.0. The number of hydrogen-bond donors (Lipinski definition) is 1. The number of halogens is 4. The predicted molar refractivity (Wildman–Crippen MR) is 68.6 cm³/mol. The van der Waals surface area contributed by atoms with Crippen LogP contribution in [0, 0.1) is 0 Å². The van der Waals surface area contributed by atoms with Gasteiger partial charge in [0.15, 0.2) is 15.1 Å². The summed E-state index contributed by atoms with van der Waals surface area (Å²) in [6.45, 7) is -0.324. The minimum absolute atomic E-state index is 0.208. The highest BCUT2D eigenvalue weighted by Gasteiger charge is 2.28. The molecule has 0 saturated heterocycles. The third kappa shape index (κ3) is 3.43. The van der Waals surface area contributed by atoms with Crippen LogP contribution in [-0.4, -0.2) is 30.5 Å². The smallest absolute Gasteiger partial charge is 0.279 e. The van der Waals surface area contributed by atoms with Gasteiger partial charge in [-0.15, -0.1) is 11.3 Å². The minimum atomic E-state index is -4.31. The van der Waals surface area contributed by atoms with Gasteiger partial charge in [0.2, 0.25) is 0 Å². The summed E-state index contributed by atoms with van der Waals surface area (Å²) in [6.07, 6.45) is -4.22. The van der Waals surface area contributed by atoms with Crippen molar-refractivity contribution < 1.29 is 21.6 Å². The van der Waals surface area contributed by atoms with Gasteiger partial charge in [0, 0.05) is 24.5 Å². The zero-order valence-corrected chi connectivity index (χ0v) is 12.2. The molecule has 0 atom stereocenters. The van der Waals surface area contributed by atoms with Gasteiger partial charge in [0.1, 0.15) is 0 Å². The Morgan fingerprint density at radius 3 is 2.80 bits per heavy atom. The second-order valence-electron chi connectivity index (χ2n) is 3.88. The summed E-state index contributed by atoms with van der Waals surface area (Å²) in [7, 11) is -4.00. The Morgan fingerprint density at radius 2 is 2.15 bits per heavy atom. The van der Waals surface area contributed by atoms with Gasteiger partial charge in [-0.25, -0.2) is 18.1 Å². The number of thiazole rings is 1. The molecule has 0 aliphatic heterocycles. The molecule has 0 spiro atoms. The number of fused-ring (bicyclic) bond motifs is 1. The maximum absolute atomic E-state index is 12.0. The molecule has 0 amide bonds. The normalized spacial score (nSPS) is 13.2. The fourth-order valence-electron chi connectivity index (χ4n) is 1.54. The average molecular weight is 348 g/mol. The molecule has 0 aliphatic rings. The second-order valence-corrected chi connectivity index (χ2v) is 6.79. The Morgan fingerprint density at radius 1 is 1.45 bits per heavy atom. The molecule has 0 unspecified atom stereocenters. The lowest BCUT2D eigenvalue weighted by Crippen LogP contribution is -2.27. The Balaban J connectivity index is 2.11. The predicted octanol–water partition coefficient (Wildman–Crippen LogP) is 2.67. The van der Waals surface area contributed by atoms with E-state index < -0.39 is 22.6 Å². The van der Waals surface area contributed by atoms with Crippen LogP contribution in [0.15, 0.2) is 16.6 Å². The topological polar surface area (TPSA) is 63.5 Å². The quantitative estimate of drug-likeness (QED) is 0.846. The van der Waals surface area contributed by atoms with E-state index in [1.165, 1.54) is 21.9 Å². The average Bonchev–Trinajstić information content (AvgIpc) is 2.82. The van der Waals surface area contributed by atoms with E-state index in [4.69, 9.17) is 11.6 Å².